The zero-order valence-corrected chi connectivity index (χ0v) is 14.1. The molecule has 0 radical (unpaired) electrons. The summed E-state index contributed by atoms with van der Waals surface area (Å²) in [5, 5.41) is 23.7. The molecule has 0 N–H and O–H groups in total. The highest BCUT2D eigenvalue weighted by molar-refractivity contribution is 7.99. The number of rotatable bonds is 6. The minimum Gasteiger partial charge on any atom is -0.258 e. The van der Waals surface area contributed by atoms with Crippen molar-refractivity contribution in [3.8, 4) is 11.4 Å². The Balaban J connectivity index is 1.95. The second kappa shape index (κ2) is 7.18. The number of hydrogen-bond donors (Lipinski definition) is 0. The van der Waals surface area contributed by atoms with E-state index in [1.54, 1.807) is 29.0 Å². The van der Waals surface area contributed by atoms with Gasteiger partial charge in [0.05, 0.1) is 11.5 Å². The third-order valence-corrected chi connectivity index (χ3v) is 4.04. The molecule has 0 saturated heterocycles. The summed E-state index contributed by atoms with van der Waals surface area (Å²) in [6.07, 6.45) is 1.69. The van der Waals surface area contributed by atoms with E-state index in [-0.39, 0.29) is 5.69 Å². The van der Waals surface area contributed by atoms with Gasteiger partial charge in [0, 0.05) is 23.4 Å². The first-order valence-electron chi connectivity index (χ1n) is 7.22. The standard InChI is InChI=1S/C15H13N7O2S/c1-3-7-21-15(18-19-20-21)25-13-8-10(2)16-14(17-13)11-5-4-6-12(9-11)22(23)24/h3-6,8-9H,1,7H2,2H3. The molecule has 25 heavy (non-hydrogen) atoms. The van der Waals surface area contributed by atoms with Gasteiger partial charge in [-0.25, -0.2) is 14.6 Å². The van der Waals surface area contributed by atoms with Gasteiger partial charge in [0.25, 0.3) is 5.69 Å². The molecule has 2 aromatic heterocycles. The van der Waals surface area contributed by atoms with Gasteiger partial charge >= 0.3 is 0 Å². The van der Waals surface area contributed by atoms with E-state index in [1.165, 1.54) is 23.9 Å². The summed E-state index contributed by atoms with van der Waals surface area (Å²) in [6, 6.07) is 8.02. The lowest BCUT2D eigenvalue weighted by Gasteiger charge is -2.06. The van der Waals surface area contributed by atoms with Gasteiger partial charge in [-0.2, -0.15) is 0 Å². The van der Waals surface area contributed by atoms with Gasteiger partial charge in [0.15, 0.2) is 5.82 Å². The molecule has 0 aliphatic rings. The highest BCUT2D eigenvalue weighted by Crippen LogP contribution is 2.27. The Morgan fingerprint density at radius 1 is 1.36 bits per heavy atom. The number of non-ortho nitro benzene ring substituents is 1. The molecule has 1 aromatic carbocycles. The van der Waals surface area contributed by atoms with Crippen LogP contribution in [0.5, 0.6) is 0 Å². The molecule has 0 amide bonds. The Morgan fingerprint density at radius 3 is 2.96 bits per heavy atom. The molecule has 2 heterocycles. The molecule has 10 heteroatoms. The summed E-state index contributed by atoms with van der Waals surface area (Å²) in [7, 11) is 0. The van der Waals surface area contributed by atoms with Gasteiger partial charge in [-0.3, -0.25) is 10.1 Å². The summed E-state index contributed by atoms with van der Waals surface area (Å²) in [5.41, 5.74) is 1.30. The number of aromatic nitrogens is 6. The van der Waals surface area contributed by atoms with Crippen LogP contribution in [-0.4, -0.2) is 35.1 Å². The fourth-order valence-electron chi connectivity index (χ4n) is 2.08. The smallest absolute Gasteiger partial charge is 0.258 e. The van der Waals surface area contributed by atoms with Crippen molar-refractivity contribution in [3.63, 3.8) is 0 Å². The molecule has 3 aromatic rings. The van der Waals surface area contributed by atoms with E-state index in [1.807, 2.05) is 6.92 Å². The van der Waals surface area contributed by atoms with E-state index in [2.05, 4.69) is 32.1 Å². The lowest BCUT2D eigenvalue weighted by Crippen LogP contribution is -2.00. The zero-order chi connectivity index (χ0) is 17.8. The first-order valence-corrected chi connectivity index (χ1v) is 8.04. The van der Waals surface area contributed by atoms with Crippen LogP contribution in [0.1, 0.15) is 5.69 Å². The lowest BCUT2D eigenvalue weighted by atomic mass is 10.2. The maximum atomic E-state index is 11.0. The summed E-state index contributed by atoms with van der Waals surface area (Å²) < 4.78 is 1.60. The van der Waals surface area contributed by atoms with Crippen molar-refractivity contribution in [3.05, 3.63) is 58.8 Å². The van der Waals surface area contributed by atoms with Gasteiger partial charge in [-0.05, 0) is 35.2 Å². The van der Waals surface area contributed by atoms with Crippen LogP contribution in [0.15, 0.2) is 53.2 Å². The molecular formula is C15H13N7O2S. The topological polar surface area (TPSA) is 113 Å². The number of nitro benzene ring substituents is 1. The van der Waals surface area contributed by atoms with E-state index in [9.17, 15) is 10.1 Å². The van der Waals surface area contributed by atoms with Crippen molar-refractivity contribution in [2.75, 3.05) is 0 Å². The Hall–Kier alpha value is -3.14. The SMILES string of the molecule is C=CCn1nnnc1Sc1cc(C)nc(-c2cccc([N+](=O)[O-])c2)n1. The van der Waals surface area contributed by atoms with Crippen LogP contribution in [0.2, 0.25) is 0 Å². The number of aryl methyl sites for hydroxylation is 1. The fraction of sp³-hybridized carbons (Fsp3) is 0.133. The summed E-state index contributed by atoms with van der Waals surface area (Å²) in [6.45, 7) is 5.98. The van der Waals surface area contributed by atoms with E-state index in [0.29, 0.717) is 28.1 Å². The highest BCUT2D eigenvalue weighted by atomic mass is 32.2. The van der Waals surface area contributed by atoms with Crippen LogP contribution < -0.4 is 0 Å². The van der Waals surface area contributed by atoms with E-state index in [4.69, 9.17) is 0 Å². The molecule has 9 nitrogen and oxygen atoms in total. The minimum atomic E-state index is -0.446. The second-order valence-electron chi connectivity index (χ2n) is 5.01. The molecule has 126 valence electrons. The molecular weight excluding hydrogens is 342 g/mol. The molecule has 3 rings (SSSR count). The Kier molecular flexibility index (Phi) is 4.80. The predicted octanol–water partition coefficient (Wildman–Crippen LogP) is 2.68. The normalized spacial score (nSPS) is 10.6. The van der Waals surface area contributed by atoms with Crippen LogP contribution in [0.4, 0.5) is 5.69 Å². The van der Waals surface area contributed by atoms with Crippen molar-refractivity contribution in [2.45, 2.75) is 23.7 Å². The molecule has 0 fully saturated rings. The monoisotopic (exact) mass is 355 g/mol. The largest absolute Gasteiger partial charge is 0.270 e. The third-order valence-electron chi connectivity index (χ3n) is 3.14. The third kappa shape index (κ3) is 3.86. The first-order chi connectivity index (χ1) is 12.1. The van der Waals surface area contributed by atoms with Crippen LogP contribution in [0.3, 0.4) is 0 Å². The fourth-order valence-corrected chi connectivity index (χ4v) is 2.92. The van der Waals surface area contributed by atoms with Gasteiger partial charge in [-0.15, -0.1) is 11.7 Å². The number of tetrazole rings is 1. The molecule has 0 atom stereocenters. The average molecular weight is 355 g/mol. The molecule has 0 aliphatic heterocycles. The first kappa shape index (κ1) is 16.7. The lowest BCUT2D eigenvalue weighted by molar-refractivity contribution is -0.384. The van der Waals surface area contributed by atoms with Crippen molar-refractivity contribution in [1.29, 1.82) is 0 Å². The van der Waals surface area contributed by atoms with Crippen LogP contribution in [0, 0.1) is 17.0 Å². The van der Waals surface area contributed by atoms with Gasteiger partial charge in [0.1, 0.15) is 5.03 Å². The minimum absolute atomic E-state index is 0.00765. The number of nitro groups is 1. The molecule has 0 spiro atoms. The van der Waals surface area contributed by atoms with Crippen LogP contribution >= 0.6 is 11.8 Å². The zero-order valence-electron chi connectivity index (χ0n) is 13.2. The van der Waals surface area contributed by atoms with Gasteiger partial charge in [0.2, 0.25) is 5.16 Å². The quantitative estimate of drug-likeness (QED) is 0.287. The van der Waals surface area contributed by atoms with E-state index < -0.39 is 4.92 Å². The maximum Gasteiger partial charge on any atom is 0.270 e. The highest BCUT2D eigenvalue weighted by Gasteiger charge is 2.13. The maximum absolute atomic E-state index is 11.0. The summed E-state index contributed by atoms with van der Waals surface area (Å²) in [4.78, 5) is 19.4. The van der Waals surface area contributed by atoms with Crippen LogP contribution in [-0.2, 0) is 6.54 Å². The summed E-state index contributed by atoms with van der Waals surface area (Å²) in [5.74, 6) is 0.411. The number of nitrogens with zero attached hydrogens (tertiary/aromatic N) is 7. The number of benzene rings is 1. The Bertz CT molecular complexity index is 941. The Morgan fingerprint density at radius 2 is 2.20 bits per heavy atom. The predicted molar refractivity (Wildman–Crippen MR) is 91.0 cm³/mol. The van der Waals surface area contributed by atoms with Crippen molar-refractivity contribution >= 4 is 17.4 Å². The molecule has 0 aliphatic carbocycles. The van der Waals surface area contributed by atoms with E-state index >= 15 is 0 Å². The molecule has 0 saturated carbocycles. The molecule has 0 bridgehead atoms. The van der Waals surface area contributed by atoms with E-state index in [0.717, 1.165) is 5.69 Å². The van der Waals surface area contributed by atoms with Crippen LogP contribution in [0.25, 0.3) is 11.4 Å². The molecule has 0 unspecified atom stereocenters. The second-order valence-corrected chi connectivity index (χ2v) is 6.00. The van der Waals surface area contributed by atoms with Gasteiger partial charge in [-0.1, -0.05) is 18.2 Å². The van der Waals surface area contributed by atoms with Crippen molar-refractivity contribution in [1.82, 2.24) is 30.2 Å². The average Bonchev–Trinajstić information content (AvgIpc) is 3.02. The number of allylic oxidation sites excluding steroid dienone is 1. The van der Waals surface area contributed by atoms with Crippen molar-refractivity contribution in [2.24, 2.45) is 0 Å². The summed E-state index contributed by atoms with van der Waals surface area (Å²) >= 11 is 1.29. The number of hydrogen-bond acceptors (Lipinski definition) is 8. The van der Waals surface area contributed by atoms with Crippen molar-refractivity contribution < 1.29 is 4.92 Å². The Labute approximate surface area is 147 Å². The van der Waals surface area contributed by atoms with Gasteiger partial charge < -0.3 is 0 Å².